The Balaban J connectivity index is 1.40. The van der Waals surface area contributed by atoms with E-state index in [1.165, 1.54) is 17.7 Å². The number of nitrogens with zero attached hydrogens (tertiary/aromatic N) is 1. The van der Waals surface area contributed by atoms with Gasteiger partial charge in [-0.1, -0.05) is 24.3 Å². The lowest BCUT2D eigenvalue weighted by Gasteiger charge is -2.35. The lowest BCUT2D eigenvalue weighted by molar-refractivity contribution is 0.0697. The van der Waals surface area contributed by atoms with E-state index in [0.717, 1.165) is 44.6 Å². The van der Waals surface area contributed by atoms with E-state index < -0.39 is 5.97 Å². The van der Waals surface area contributed by atoms with E-state index in [0.29, 0.717) is 17.4 Å². The molecule has 3 atom stereocenters. The highest BCUT2D eigenvalue weighted by atomic mass is 19.1. The SMILES string of the molecule is O=C(O)c1ccc(C2CCCN(CC3CNNC3c3ccc(F)cc3)C2)cc1. The summed E-state index contributed by atoms with van der Waals surface area (Å²) >= 11 is 0. The van der Waals surface area contributed by atoms with Crippen LogP contribution < -0.4 is 10.9 Å². The van der Waals surface area contributed by atoms with Crippen molar-refractivity contribution in [3.8, 4) is 0 Å². The third-order valence-electron chi connectivity index (χ3n) is 5.95. The van der Waals surface area contributed by atoms with Gasteiger partial charge in [0, 0.05) is 25.6 Å². The number of carboxylic acid groups (broad SMARTS) is 1. The number of benzene rings is 2. The van der Waals surface area contributed by atoms with Crippen molar-refractivity contribution in [1.82, 2.24) is 15.8 Å². The summed E-state index contributed by atoms with van der Waals surface area (Å²) in [7, 11) is 0. The summed E-state index contributed by atoms with van der Waals surface area (Å²) in [5.74, 6) is -0.245. The normalized spacial score (nSPS) is 25.7. The van der Waals surface area contributed by atoms with Crippen LogP contribution in [-0.2, 0) is 0 Å². The summed E-state index contributed by atoms with van der Waals surface area (Å²) < 4.78 is 13.2. The predicted octanol–water partition coefficient (Wildman–Crippen LogP) is 3.17. The lowest BCUT2D eigenvalue weighted by atomic mass is 9.88. The summed E-state index contributed by atoms with van der Waals surface area (Å²) in [6.45, 7) is 3.93. The number of carbonyl (C=O) groups is 1. The molecule has 6 heteroatoms. The van der Waals surface area contributed by atoms with Crippen LogP contribution in [0.2, 0.25) is 0 Å². The maximum Gasteiger partial charge on any atom is 0.335 e. The molecule has 0 spiro atoms. The maximum absolute atomic E-state index is 13.2. The van der Waals surface area contributed by atoms with Crippen LogP contribution in [0.3, 0.4) is 0 Å². The van der Waals surface area contributed by atoms with Crippen molar-refractivity contribution in [3.05, 3.63) is 71.0 Å². The van der Waals surface area contributed by atoms with Crippen LogP contribution in [0.15, 0.2) is 48.5 Å². The van der Waals surface area contributed by atoms with Gasteiger partial charge in [-0.2, -0.15) is 0 Å². The third kappa shape index (κ3) is 4.24. The van der Waals surface area contributed by atoms with E-state index in [-0.39, 0.29) is 11.9 Å². The molecule has 0 aliphatic carbocycles. The number of hydrazine groups is 1. The molecule has 2 saturated heterocycles. The van der Waals surface area contributed by atoms with Crippen molar-refractivity contribution in [2.24, 2.45) is 5.92 Å². The number of likely N-dealkylation sites (tertiary alicyclic amines) is 1. The Morgan fingerprint density at radius 2 is 1.82 bits per heavy atom. The minimum atomic E-state index is -0.884. The Hall–Kier alpha value is -2.28. The van der Waals surface area contributed by atoms with Gasteiger partial charge in [0.2, 0.25) is 0 Å². The smallest absolute Gasteiger partial charge is 0.335 e. The number of aromatic carboxylic acids is 1. The number of carboxylic acids is 1. The quantitative estimate of drug-likeness (QED) is 0.740. The molecule has 5 nitrogen and oxygen atoms in total. The van der Waals surface area contributed by atoms with E-state index in [4.69, 9.17) is 5.11 Å². The molecule has 0 radical (unpaired) electrons. The van der Waals surface area contributed by atoms with Gasteiger partial charge >= 0.3 is 5.97 Å². The molecule has 148 valence electrons. The Bertz CT molecular complexity index is 810. The fourth-order valence-electron chi connectivity index (χ4n) is 4.45. The van der Waals surface area contributed by atoms with Crippen LogP contribution in [0.1, 0.15) is 46.3 Å². The largest absolute Gasteiger partial charge is 0.478 e. The summed E-state index contributed by atoms with van der Waals surface area (Å²) in [4.78, 5) is 13.6. The second-order valence-corrected chi connectivity index (χ2v) is 7.84. The van der Waals surface area contributed by atoms with E-state index in [2.05, 4.69) is 15.8 Å². The van der Waals surface area contributed by atoms with Gasteiger partial charge in [-0.05, 0) is 60.7 Å². The van der Waals surface area contributed by atoms with Crippen LogP contribution in [-0.4, -0.2) is 42.2 Å². The van der Waals surface area contributed by atoms with Crippen LogP contribution in [0.5, 0.6) is 0 Å². The molecule has 2 heterocycles. The minimum Gasteiger partial charge on any atom is -0.478 e. The number of piperidine rings is 1. The highest BCUT2D eigenvalue weighted by Gasteiger charge is 2.31. The molecule has 0 saturated carbocycles. The maximum atomic E-state index is 13.2. The van der Waals surface area contributed by atoms with Gasteiger partial charge in [-0.3, -0.25) is 5.43 Å². The zero-order valence-electron chi connectivity index (χ0n) is 15.8. The van der Waals surface area contributed by atoms with Crippen molar-refractivity contribution in [2.75, 3.05) is 26.2 Å². The second-order valence-electron chi connectivity index (χ2n) is 7.84. The van der Waals surface area contributed by atoms with Crippen molar-refractivity contribution in [2.45, 2.75) is 24.8 Å². The molecule has 2 fully saturated rings. The van der Waals surface area contributed by atoms with Crippen molar-refractivity contribution in [3.63, 3.8) is 0 Å². The fourth-order valence-corrected chi connectivity index (χ4v) is 4.45. The Labute approximate surface area is 164 Å². The summed E-state index contributed by atoms with van der Waals surface area (Å²) in [5.41, 5.74) is 9.25. The molecule has 0 aromatic heterocycles. The Kier molecular flexibility index (Phi) is 5.71. The molecule has 2 aliphatic heterocycles. The zero-order valence-corrected chi connectivity index (χ0v) is 15.8. The number of hydrogen-bond donors (Lipinski definition) is 3. The molecule has 28 heavy (non-hydrogen) atoms. The number of hydrogen-bond acceptors (Lipinski definition) is 4. The van der Waals surface area contributed by atoms with Gasteiger partial charge in [0.15, 0.2) is 0 Å². The molecule has 4 rings (SSSR count). The fraction of sp³-hybridized carbons (Fsp3) is 0.409. The highest BCUT2D eigenvalue weighted by molar-refractivity contribution is 5.87. The standard InChI is InChI=1S/C22H26FN3O2/c23-20-9-7-16(8-10-20)21-19(12-24-25-21)14-26-11-1-2-18(13-26)15-3-5-17(6-4-15)22(27)28/h3-10,18-19,21,24-25H,1-2,11-14H2,(H,27,28). The number of rotatable bonds is 5. The van der Waals surface area contributed by atoms with Crippen molar-refractivity contribution in [1.29, 1.82) is 0 Å². The number of nitrogens with one attached hydrogen (secondary N) is 2. The third-order valence-corrected chi connectivity index (χ3v) is 5.95. The van der Waals surface area contributed by atoms with Gasteiger partial charge in [0.1, 0.15) is 5.82 Å². The average molecular weight is 383 g/mol. The van der Waals surface area contributed by atoms with Gasteiger partial charge in [-0.15, -0.1) is 0 Å². The first-order chi connectivity index (χ1) is 13.6. The van der Waals surface area contributed by atoms with Crippen LogP contribution in [0, 0.1) is 11.7 Å². The molecule has 3 N–H and O–H groups in total. The lowest BCUT2D eigenvalue weighted by Crippen LogP contribution is -2.39. The van der Waals surface area contributed by atoms with Gasteiger partial charge in [0.05, 0.1) is 11.6 Å². The highest BCUT2D eigenvalue weighted by Crippen LogP contribution is 2.30. The van der Waals surface area contributed by atoms with Crippen LogP contribution in [0.4, 0.5) is 4.39 Å². The molecule has 0 bridgehead atoms. The summed E-state index contributed by atoms with van der Waals surface area (Å²) in [5, 5.41) is 9.08. The summed E-state index contributed by atoms with van der Waals surface area (Å²) in [6.07, 6.45) is 2.27. The molecule has 2 aromatic rings. The van der Waals surface area contributed by atoms with E-state index >= 15 is 0 Å². The first kappa shape index (κ1) is 19.1. The van der Waals surface area contributed by atoms with Crippen molar-refractivity contribution < 1.29 is 14.3 Å². The monoisotopic (exact) mass is 383 g/mol. The van der Waals surface area contributed by atoms with Crippen LogP contribution in [0.25, 0.3) is 0 Å². The molecule has 2 aromatic carbocycles. The van der Waals surface area contributed by atoms with Gasteiger partial charge in [-0.25, -0.2) is 14.6 Å². The number of halogens is 1. The average Bonchev–Trinajstić information content (AvgIpc) is 3.17. The Morgan fingerprint density at radius 3 is 2.54 bits per heavy atom. The molecule has 0 amide bonds. The Morgan fingerprint density at radius 1 is 1.11 bits per heavy atom. The van der Waals surface area contributed by atoms with E-state index in [9.17, 15) is 9.18 Å². The molecular weight excluding hydrogens is 357 g/mol. The van der Waals surface area contributed by atoms with Gasteiger partial charge in [0.25, 0.3) is 0 Å². The van der Waals surface area contributed by atoms with Crippen molar-refractivity contribution >= 4 is 5.97 Å². The predicted molar refractivity (Wildman–Crippen MR) is 106 cm³/mol. The molecule has 3 unspecified atom stereocenters. The van der Waals surface area contributed by atoms with Gasteiger partial charge < -0.3 is 10.0 Å². The second kappa shape index (κ2) is 8.39. The summed E-state index contributed by atoms with van der Waals surface area (Å²) in [6, 6.07) is 14.2. The van der Waals surface area contributed by atoms with E-state index in [1.54, 1.807) is 12.1 Å². The molecular formula is C22H26FN3O2. The van der Waals surface area contributed by atoms with Crippen LogP contribution >= 0.6 is 0 Å². The first-order valence-corrected chi connectivity index (χ1v) is 9.89. The zero-order chi connectivity index (χ0) is 19.5. The first-order valence-electron chi connectivity index (χ1n) is 9.89. The topological polar surface area (TPSA) is 64.6 Å². The molecule has 2 aliphatic rings. The van der Waals surface area contributed by atoms with E-state index in [1.807, 2.05) is 24.3 Å². The minimum absolute atomic E-state index is 0.177.